The van der Waals surface area contributed by atoms with Crippen LogP contribution in [0, 0.1) is 15.9 Å². The Kier molecular flexibility index (Phi) is 3.19. The molecule has 0 aliphatic carbocycles. The van der Waals surface area contributed by atoms with Gasteiger partial charge in [-0.05, 0) is 17.7 Å². The topological polar surface area (TPSA) is 43.1 Å². The van der Waals surface area contributed by atoms with E-state index in [-0.39, 0.29) is 10.7 Å². The zero-order valence-electron chi connectivity index (χ0n) is 7.33. The summed E-state index contributed by atoms with van der Waals surface area (Å²) in [6, 6.07) is 4.02. The number of allylic oxidation sites excluding steroid dienone is 1. The van der Waals surface area contributed by atoms with Crippen molar-refractivity contribution in [3.8, 4) is 0 Å². The van der Waals surface area contributed by atoms with Crippen LogP contribution in [0.4, 0.5) is 4.39 Å². The standard InChI is InChI=1S/C9H7ClFNO2/c1-6(12(13)14)4-7-2-3-8(10)9(11)5-7/h2-5H,1H3/b6-4-. The maximum atomic E-state index is 12.9. The van der Waals surface area contributed by atoms with Gasteiger partial charge in [-0.15, -0.1) is 0 Å². The molecular formula is C9H7ClFNO2. The summed E-state index contributed by atoms with van der Waals surface area (Å²) in [5.41, 5.74) is 0.368. The number of hydrogen-bond donors (Lipinski definition) is 0. The molecule has 0 atom stereocenters. The summed E-state index contributed by atoms with van der Waals surface area (Å²) < 4.78 is 12.9. The molecule has 0 amide bonds. The molecule has 0 bridgehead atoms. The van der Waals surface area contributed by atoms with Crippen molar-refractivity contribution < 1.29 is 9.31 Å². The number of hydrogen-bond acceptors (Lipinski definition) is 2. The number of nitrogens with zero attached hydrogens (tertiary/aromatic N) is 1. The molecule has 0 aliphatic heterocycles. The van der Waals surface area contributed by atoms with E-state index in [1.807, 2.05) is 0 Å². The lowest BCUT2D eigenvalue weighted by molar-refractivity contribution is -0.422. The fourth-order valence-corrected chi connectivity index (χ4v) is 1.01. The third-order valence-electron chi connectivity index (χ3n) is 1.61. The Morgan fingerprint density at radius 1 is 1.64 bits per heavy atom. The largest absolute Gasteiger partial charge is 0.259 e. The van der Waals surface area contributed by atoms with Crippen LogP contribution in [0.5, 0.6) is 0 Å². The summed E-state index contributed by atoms with van der Waals surface area (Å²) in [4.78, 5) is 9.74. The van der Waals surface area contributed by atoms with Gasteiger partial charge >= 0.3 is 0 Å². The van der Waals surface area contributed by atoms with Crippen LogP contribution in [0.25, 0.3) is 6.08 Å². The average molecular weight is 216 g/mol. The molecule has 0 unspecified atom stereocenters. The molecule has 0 fully saturated rings. The highest BCUT2D eigenvalue weighted by Crippen LogP contribution is 2.17. The van der Waals surface area contributed by atoms with Crippen molar-refractivity contribution in [3.63, 3.8) is 0 Å². The van der Waals surface area contributed by atoms with Crippen LogP contribution in [-0.4, -0.2) is 4.92 Å². The maximum Gasteiger partial charge on any atom is 0.243 e. The molecule has 1 aromatic rings. The van der Waals surface area contributed by atoms with E-state index in [4.69, 9.17) is 11.6 Å². The summed E-state index contributed by atoms with van der Waals surface area (Å²) in [6.45, 7) is 1.34. The zero-order chi connectivity index (χ0) is 10.7. The first kappa shape index (κ1) is 10.7. The van der Waals surface area contributed by atoms with Gasteiger partial charge in [-0.3, -0.25) is 10.1 Å². The molecule has 1 aromatic carbocycles. The molecule has 0 saturated heterocycles. The van der Waals surface area contributed by atoms with E-state index in [2.05, 4.69) is 0 Å². The van der Waals surface area contributed by atoms with Gasteiger partial charge in [0.05, 0.1) is 9.95 Å². The van der Waals surface area contributed by atoms with Crippen LogP contribution >= 0.6 is 11.6 Å². The van der Waals surface area contributed by atoms with Gasteiger partial charge in [-0.1, -0.05) is 17.7 Å². The van der Waals surface area contributed by atoms with E-state index in [0.29, 0.717) is 5.56 Å². The molecule has 0 saturated carbocycles. The van der Waals surface area contributed by atoms with Crippen LogP contribution in [0.1, 0.15) is 12.5 Å². The second-order valence-corrected chi connectivity index (χ2v) is 3.12. The molecule has 0 aromatic heterocycles. The van der Waals surface area contributed by atoms with Crippen molar-refractivity contribution >= 4 is 17.7 Å². The minimum Gasteiger partial charge on any atom is -0.259 e. The molecule has 0 N–H and O–H groups in total. The Bertz CT molecular complexity index is 404. The van der Waals surface area contributed by atoms with Gasteiger partial charge in [0.25, 0.3) is 0 Å². The monoisotopic (exact) mass is 215 g/mol. The van der Waals surface area contributed by atoms with E-state index in [0.717, 1.165) is 6.07 Å². The minimum absolute atomic E-state index is 0.000839. The molecule has 1 rings (SSSR count). The fourth-order valence-electron chi connectivity index (χ4n) is 0.896. The second kappa shape index (κ2) is 4.19. The normalized spacial score (nSPS) is 11.5. The molecule has 0 heterocycles. The van der Waals surface area contributed by atoms with Crippen LogP contribution in [0.3, 0.4) is 0 Å². The highest BCUT2D eigenvalue weighted by Gasteiger charge is 2.04. The molecule has 14 heavy (non-hydrogen) atoms. The van der Waals surface area contributed by atoms with Crippen LogP contribution in [0.2, 0.25) is 5.02 Å². The molecule has 0 radical (unpaired) electrons. The van der Waals surface area contributed by atoms with E-state index in [1.54, 1.807) is 0 Å². The summed E-state index contributed by atoms with van der Waals surface area (Å²) in [5.74, 6) is -0.587. The van der Waals surface area contributed by atoms with Crippen molar-refractivity contribution in [3.05, 3.63) is 50.4 Å². The molecule has 3 nitrogen and oxygen atoms in total. The lowest BCUT2D eigenvalue weighted by Gasteiger charge is -1.96. The molecule has 74 valence electrons. The minimum atomic E-state index is -0.587. The summed E-state index contributed by atoms with van der Waals surface area (Å²) in [5, 5.41) is 10.3. The van der Waals surface area contributed by atoms with Crippen molar-refractivity contribution in [2.75, 3.05) is 0 Å². The lowest BCUT2D eigenvalue weighted by Crippen LogP contribution is -1.93. The average Bonchev–Trinajstić information content (AvgIpc) is 2.11. The van der Waals surface area contributed by atoms with Gasteiger partial charge in [0.15, 0.2) is 0 Å². The van der Waals surface area contributed by atoms with Gasteiger partial charge in [0.1, 0.15) is 5.82 Å². The first-order valence-electron chi connectivity index (χ1n) is 3.78. The maximum absolute atomic E-state index is 12.9. The lowest BCUT2D eigenvalue weighted by atomic mass is 10.2. The van der Waals surface area contributed by atoms with Crippen molar-refractivity contribution in [2.45, 2.75) is 6.92 Å². The molecule has 0 spiro atoms. The Labute approximate surface area is 85.0 Å². The number of halogens is 2. The summed E-state index contributed by atoms with van der Waals surface area (Å²) in [7, 11) is 0. The highest BCUT2D eigenvalue weighted by molar-refractivity contribution is 6.30. The Morgan fingerprint density at radius 3 is 2.79 bits per heavy atom. The van der Waals surface area contributed by atoms with Crippen LogP contribution < -0.4 is 0 Å². The highest BCUT2D eigenvalue weighted by atomic mass is 35.5. The number of rotatable bonds is 2. The summed E-state index contributed by atoms with van der Waals surface area (Å²) >= 11 is 5.45. The molecule has 5 heteroatoms. The Hall–Kier alpha value is -1.42. The van der Waals surface area contributed by atoms with Gasteiger partial charge in [-0.25, -0.2) is 4.39 Å². The first-order chi connectivity index (χ1) is 6.50. The number of benzene rings is 1. The third kappa shape index (κ3) is 2.53. The number of nitro groups is 1. The predicted molar refractivity (Wildman–Crippen MR) is 52.1 cm³/mol. The van der Waals surface area contributed by atoms with E-state index < -0.39 is 10.7 Å². The predicted octanol–water partition coefficient (Wildman–Crippen LogP) is 3.12. The van der Waals surface area contributed by atoms with Crippen molar-refractivity contribution in [1.82, 2.24) is 0 Å². The first-order valence-corrected chi connectivity index (χ1v) is 4.16. The quantitative estimate of drug-likeness (QED) is 0.562. The smallest absolute Gasteiger partial charge is 0.243 e. The molecular weight excluding hydrogens is 209 g/mol. The van der Waals surface area contributed by atoms with E-state index >= 15 is 0 Å². The second-order valence-electron chi connectivity index (χ2n) is 2.72. The fraction of sp³-hybridized carbons (Fsp3) is 0.111. The third-order valence-corrected chi connectivity index (χ3v) is 1.91. The van der Waals surface area contributed by atoms with E-state index in [9.17, 15) is 14.5 Å². The van der Waals surface area contributed by atoms with Crippen LogP contribution in [-0.2, 0) is 0 Å². The Morgan fingerprint density at radius 2 is 2.29 bits per heavy atom. The zero-order valence-corrected chi connectivity index (χ0v) is 8.08. The van der Waals surface area contributed by atoms with Gasteiger partial charge < -0.3 is 0 Å². The van der Waals surface area contributed by atoms with Gasteiger partial charge in [0, 0.05) is 13.0 Å². The van der Waals surface area contributed by atoms with Gasteiger partial charge in [0.2, 0.25) is 5.70 Å². The van der Waals surface area contributed by atoms with Crippen LogP contribution in [0.15, 0.2) is 23.9 Å². The SMILES string of the molecule is C/C(=C/c1ccc(Cl)c(F)c1)[N+](=O)[O-]. The summed E-state index contributed by atoms with van der Waals surface area (Å²) in [6.07, 6.45) is 1.28. The van der Waals surface area contributed by atoms with Crippen molar-refractivity contribution in [1.29, 1.82) is 0 Å². The van der Waals surface area contributed by atoms with E-state index in [1.165, 1.54) is 25.1 Å². The molecule has 0 aliphatic rings. The van der Waals surface area contributed by atoms with Crippen molar-refractivity contribution in [2.24, 2.45) is 0 Å². The van der Waals surface area contributed by atoms with Gasteiger partial charge in [-0.2, -0.15) is 0 Å². The Balaban J connectivity index is 3.04.